The number of methoxy groups -OCH3 is 1. The summed E-state index contributed by atoms with van der Waals surface area (Å²) in [5.74, 6) is 1.18. The summed E-state index contributed by atoms with van der Waals surface area (Å²) >= 11 is 5.76. The lowest BCUT2D eigenvalue weighted by Gasteiger charge is -2.10. The maximum absolute atomic E-state index is 9.08. The van der Waals surface area contributed by atoms with E-state index >= 15 is 0 Å². The van der Waals surface area contributed by atoms with Crippen molar-refractivity contribution in [1.29, 1.82) is 0 Å². The Kier molecular flexibility index (Phi) is 3.58. The molecule has 1 rings (SSSR count). The fourth-order valence-electron chi connectivity index (χ4n) is 1.30. The van der Waals surface area contributed by atoms with Crippen LogP contribution in [0, 0.1) is 6.92 Å². The van der Waals surface area contributed by atoms with Crippen molar-refractivity contribution in [2.75, 3.05) is 7.11 Å². The Labute approximate surface area is 83.1 Å². The third-order valence-corrected chi connectivity index (χ3v) is 2.35. The van der Waals surface area contributed by atoms with E-state index in [1.54, 1.807) is 7.11 Å². The highest BCUT2D eigenvalue weighted by molar-refractivity contribution is 6.17. The summed E-state index contributed by atoms with van der Waals surface area (Å²) in [5, 5.41) is 9.08. The molecule has 0 aliphatic heterocycles. The van der Waals surface area contributed by atoms with Crippen molar-refractivity contribution >= 4 is 11.6 Å². The first-order chi connectivity index (χ1) is 6.22. The van der Waals surface area contributed by atoms with Crippen molar-refractivity contribution in [1.82, 2.24) is 0 Å². The monoisotopic (exact) mass is 200 g/mol. The lowest BCUT2D eigenvalue weighted by molar-refractivity contribution is 0.280. The zero-order valence-corrected chi connectivity index (χ0v) is 8.56. The summed E-state index contributed by atoms with van der Waals surface area (Å²) in [4.78, 5) is 0. The first kappa shape index (κ1) is 10.4. The smallest absolute Gasteiger partial charge is 0.119 e. The van der Waals surface area contributed by atoms with Crippen molar-refractivity contribution in [3.8, 4) is 5.75 Å². The maximum atomic E-state index is 9.08. The van der Waals surface area contributed by atoms with Crippen LogP contribution in [0.2, 0.25) is 0 Å². The average molecular weight is 201 g/mol. The van der Waals surface area contributed by atoms with E-state index in [1.165, 1.54) is 0 Å². The van der Waals surface area contributed by atoms with Gasteiger partial charge >= 0.3 is 0 Å². The second-order valence-electron chi connectivity index (χ2n) is 2.87. The average Bonchev–Trinajstić information content (AvgIpc) is 2.16. The molecular weight excluding hydrogens is 188 g/mol. The molecule has 0 unspecified atom stereocenters. The van der Waals surface area contributed by atoms with Gasteiger partial charge in [0, 0.05) is 5.88 Å². The van der Waals surface area contributed by atoms with E-state index in [4.69, 9.17) is 21.4 Å². The molecule has 0 aliphatic carbocycles. The van der Waals surface area contributed by atoms with E-state index in [0.717, 1.165) is 22.4 Å². The number of ether oxygens (including phenoxy) is 1. The summed E-state index contributed by atoms with van der Waals surface area (Å²) < 4.78 is 5.08. The quantitative estimate of drug-likeness (QED) is 0.759. The molecule has 0 atom stereocenters. The lowest BCUT2D eigenvalue weighted by atomic mass is 10.0. The largest absolute Gasteiger partial charge is 0.497 e. The van der Waals surface area contributed by atoms with Crippen molar-refractivity contribution in [3.05, 3.63) is 28.8 Å². The SMILES string of the molecule is COc1cc(C)c(CCl)c(CO)c1. The van der Waals surface area contributed by atoms with Gasteiger partial charge in [0.1, 0.15) is 5.75 Å². The Morgan fingerprint density at radius 1 is 1.46 bits per heavy atom. The van der Waals surface area contributed by atoms with E-state index in [0.29, 0.717) is 5.88 Å². The highest BCUT2D eigenvalue weighted by atomic mass is 35.5. The predicted molar refractivity (Wildman–Crippen MR) is 53.2 cm³/mol. The standard InChI is InChI=1S/C10H13ClO2/c1-7-3-9(13-2)4-8(6-12)10(7)5-11/h3-4,12H,5-6H2,1-2H3. The number of rotatable bonds is 3. The Morgan fingerprint density at radius 3 is 2.62 bits per heavy atom. The minimum absolute atomic E-state index is 0.0000926. The van der Waals surface area contributed by atoms with Crippen LogP contribution in [0.1, 0.15) is 16.7 Å². The molecule has 1 N–H and O–H groups in total. The summed E-state index contributed by atoms with van der Waals surface area (Å²) in [7, 11) is 1.61. The predicted octanol–water partition coefficient (Wildman–Crippen LogP) is 2.23. The van der Waals surface area contributed by atoms with Gasteiger partial charge in [-0.25, -0.2) is 0 Å². The van der Waals surface area contributed by atoms with Crippen LogP contribution in [0.4, 0.5) is 0 Å². The van der Waals surface area contributed by atoms with Gasteiger partial charge in [-0.2, -0.15) is 0 Å². The Balaban J connectivity index is 3.20. The second-order valence-corrected chi connectivity index (χ2v) is 3.14. The molecule has 13 heavy (non-hydrogen) atoms. The first-order valence-corrected chi connectivity index (χ1v) is 4.59. The molecule has 0 heterocycles. The first-order valence-electron chi connectivity index (χ1n) is 4.06. The normalized spacial score (nSPS) is 10.2. The van der Waals surface area contributed by atoms with Crippen LogP contribution in [-0.4, -0.2) is 12.2 Å². The molecule has 1 aromatic rings. The van der Waals surface area contributed by atoms with Crippen molar-refractivity contribution < 1.29 is 9.84 Å². The number of benzene rings is 1. The summed E-state index contributed by atoms with van der Waals surface area (Å²) in [6.45, 7) is 1.96. The van der Waals surface area contributed by atoms with Crippen LogP contribution >= 0.6 is 11.6 Å². The van der Waals surface area contributed by atoms with Crippen LogP contribution < -0.4 is 4.74 Å². The topological polar surface area (TPSA) is 29.5 Å². The number of aliphatic hydroxyl groups is 1. The van der Waals surface area contributed by atoms with Crippen LogP contribution in [-0.2, 0) is 12.5 Å². The fraction of sp³-hybridized carbons (Fsp3) is 0.400. The summed E-state index contributed by atoms with van der Waals surface area (Å²) in [5.41, 5.74) is 2.88. The van der Waals surface area contributed by atoms with E-state index < -0.39 is 0 Å². The van der Waals surface area contributed by atoms with Crippen molar-refractivity contribution in [2.24, 2.45) is 0 Å². The molecule has 0 saturated carbocycles. The zero-order valence-electron chi connectivity index (χ0n) is 7.80. The summed E-state index contributed by atoms with van der Waals surface area (Å²) in [6, 6.07) is 3.72. The summed E-state index contributed by atoms with van der Waals surface area (Å²) in [6.07, 6.45) is 0. The molecule has 0 spiro atoms. The minimum Gasteiger partial charge on any atom is -0.497 e. The molecule has 72 valence electrons. The van der Waals surface area contributed by atoms with Gasteiger partial charge in [0.25, 0.3) is 0 Å². The number of aryl methyl sites for hydroxylation is 1. The van der Waals surface area contributed by atoms with E-state index in [-0.39, 0.29) is 6.61 Å². The molecule has 0 fully saturated rings. The number of hydrogen-bond acceptors (Lipinski definition) is 2. The highest BCUT2D eigenvalue weighted by Crippen LogP contribution is 2.23. The van der Waals surface area contributed by atoms with Gasteiger partial charge in [0.05, 0.1) is 13.7 Å². The molecular formula is C10H13ClO2. The van der Waals surface area contributed by atoms with Gasteiger partial charge in [-0.1, -0.05) is 0 Å². The number of alkyl halides is 1. The number of aliphatic hydroxyl groups excluding tert-OH is 1. The van der Waals surface area contributed by atoms with E-state index in [2.05, 4.69) is 0 Å². The van der Waals surface area contributed by atoms with Gasteiger partial charge in [-0.15, -0.1) is 11.6 Å². The zero-order chi connectivity index (χ0) is 9.84. The van der Waals surface area contributed by atoms with Gasteiger partial charge in [-0.05, 0) is 35.7 Å². The van der Waals surface area contributed by atoms with Gasteiger partial charge < -0.3 is 9.84 Å². The molecule has 0 aromatic heterocycles. The fourth-order valence-corrected chi connectivity index (χ4v) is 1.69. The third-order valence-electron chi connectivity index (χ3n) is 2.08. The number of halogens is 1. The van der Waals surface area contributed by atoms with Crippen molar-refractivity contribution in [2.45, 2.75) is 19.4 Å². The molecule has 1 aromatic carbocycles. The van der Waals surface area contributed by atoms with Crippen LogP contribution in [0.15, 0.2) is 12.1 Å². The molecule has 0 aliphatic rings. The van der Waals surface area contributed by atoms with E-state index in [9.17, 15) is 0 Å². The maximum Gasteiger partial charge on any atom is 0.119 e. The third kappa shape index (κ3) is 2.14. The van der Waals surface area contributed by atoms with Gasteiger partial charge in [0.15, 0.2) is 0 Å². The van der Waals surface area contributed by atoms with Crippen LogP contribution in [0.3, 0.4) is 0 Å². The lowest BCUT2D eigenvalue weighted by Crippen LogP contribution is -1.96. The Bertz CT molecular complexity index is 297. The van der Waals surface area contributed by atoms with E-state index in [1.807, 2.05) is 19.1 Å². The van der Waals surface area contributed by atoms with Crippen molar-refractivity contribution in [3.63, 3.8) is 0 Å². The molecule has 2 nitrogen and oxygen atoms in total. The molecule has 0 radical (unpaired) electrons. The highest BCUT2D eigenvalue weighted by Gasteiger charge is 2.06. The Hall–Kier alpha value is -0.730. The van der Waals surface area contributed by atoms with Gasteiger partial charge in [-0.3, -0.25) is 0 Å². The number of hydrogen-bond donors (Lipinski definition) is 1. The Morgan fingerprint density at radius 2 is 2.15 bits per heavy atom. The molecule has 3 heteroatoms. The molecule has 0 saturated heterocycles. The van der Waals surface area contributed by atoms with Crippen LogP contribution in [0.5, 0.6) is 5.75 Å². The minimum atomic E-state index is 0.0000926. The van der Waals surface area contributed by atoms with Gasteiger partial charge in [0.2, 0.25) is 0 Å². The molecule has 0 amide bonds. The second kappa shape index (κ2) is 4.49. The molecule has 0 bridgehead atoms. The van der Waals surface area contributed by atoms with Crippen LogP contribution in [0.25, 0.3) is 0 Å².